The minimum Gasteiger partial charge on any atom is -0.393 e. The van der Waals surface area contributed by atoms with Crippen molar-refractivity contribution >= 4 is 17.2 Å². The normalized spacial score (nSPS) is 12.3. The van der Waals surface area contributed by atoms with Crippen molar-refractivity contribution in [1.82, 2.24) is 25.5 Å². The van der Waals surface area contributed by atoms with Crippen LogP contribution in [0.2, 0.25) is 0 Å². The molecule has 0 aliphatic heterocycles. The van der Waals surface area contributed by atoms with E-state index < -0.39 is 6.10 Å². The van der Waals surface area contributed by atoms with Crippen molar-refractivity contribution < 1.29 is 9.90 Å². The molecule has 0 radical (unpaired) electrons. The van der Waals surface area contributed by atoms with E-state index in [1.807, 2.05) is 0 Å². The highest BCUT2D eigenvalue weighted by molar-refractivity contribution is 7.12. The van der Waals surface area contributed by atoms with Gasteiger partial charge in [0.1, 0.15) is 11.2 Å². The Bertz CT molecular complexity index is 508. The largest absolute Gasteiger partial charge is 0.393 e. The molecule has 1 unspecified atom stereocenters. The number of nitrogens with one attached hydrogen (secondary N) is 1. The second-order valence-corrected chi connectivity index (χ2v) is 4.70. The molecule has 2 N–H and O–H groups in total. The van der Waals surface area contributed by atoms with E-state index in [0.717, 1.165) is 0 Å². The molecule has 2 heterocycles. The lowest BCUT2D eigenvalue weighted by atomic mass is 10.3. The zero-order valence-electron chi connectivity index (χ0n) is 9.78. The molecule has 1 atom stereocenters. The summed E-state index contributed by atoms with van der Waals surface area (Å²) in [6, 6.07) is 1.78. The quantitative estimate of drug-likeness (QED) is 0.808. The highest BCUT2D eigenvalue weighted by Crippen LogP contribution is 2.19. The molecule has 0 spiro atoms. The Morgan fingerprint density at radius 2 is 2.50 bits per heavy atom. The van der Waals surface area contributed by atoms with Gasteiger partial charge in [0.25, 0.3) is 5.91 Å². The number of tetrazole rings is 1. The molecule has 0 aliphatic rings. The van der Waals surface area contributed by atoms with Crippen molar-refractivity contribution in [2.24, 2.45) is 0 Å². The van der Waals surface area contributed by atoms with Crippen LogP contribution in [0.1, 0.15) is 23.0 Å². The number of hydrogen-bond acceptors (Lipinski definition) is 6. The zero-order chi connectivity index (χ0) is 13.0. The summed E-state index contributed by atoms with van der Waals surface area (Å²) in [6.45, 7) is 2.12. The fourth-order valence-electron chi connectivity index (χ4n) is 1.40. The van der Waals surface area contributed by atoms with Crippen LogP contribution < -0.4 is 5.32 Å². The Morgan fingerprint density at radius 1 is 1.67 bits per heavy atom. The molecule has 1 amide bonds. The lowest BCUT2D eigenvalue weighted by Gasteiger charge is -2.06. The van der Waals surface area contributed by atoms with Crippen LogP contribution in [0.4, 0.5) is 0 Å². The fourth-order valence-corrected chi connectivity index (χ4v) is 2.19. The van der Waals surface area contributed by atoms with E-state index >= 15 is 0 Å². The van der Waals surface area contributed by atoms with Gasteiger partial charge in [-0.05, 0) is 35.2 Å². The first-order valence-electron chi connectivity index (χ1n) is 5.45. The minimum absolute atomic E-state index is 0.184. The molecule has 2 rings (SSSR count). The van der Waals surface area contributed by atoms with Gasteiger partial charge in [-0.2, -0.15) is 4.68 Å². The van der Waals surface area contributed by atoms with Gasteiger partial charge in [0.2, 0.25) is 0 Å². The number of carbonyl (C=O) groups is 1. The summed E-state index contributed by atoms with van der Waals surface area (Å²) < 4.78 is 1.44. The topological polar surface area (TPSA) is 92.9 Å². The first-order valence-corrected chi connectivity index (χ1v) is 6.33. The van der Waals surface area contributed by atoms with Gasteiger partial charge in [-0.3, -0.25) is 4.79 Å². The molecule has 2 aromatic rings. The molecule has 0 bridgehead atoms. The number of amides is 1. The van der Waals surface area contributed by atoms with E-state index in [1.165, 1.54) is 22.3 Å². The second kappa shape index (κ2) is 5.69. The molecular weight excluding hydrogens is 254 g/mol. The maximum Gasteiger partial charge on any atom is 0.263 e. The van der Waals surface area contributed by atoms with Crippen LogP contribution in [0.5, 0.6) is 0 Å². The predicted molar refractivity (Wildman–Crippen MR) is 65.7 cm³/mol. The third kappa shape index (κ3) is 2.90. The van der Waals surface area contributed by atoms with Crippen LogP contribution in [-0.4, -0.2) is 43.9 Å². The maximum atomic E-state index is 11.9. The summed E-state index contributed by atoms with van der Waals surface area (Å²) >= 11 is 1.32. The van der Waals surface area contributed by atoms with Gasteiger partial charge in [0.05, 0.1) is 11.8 Å². The molecule has 18 heavy (non-hydrogen) atoms. The molecule has 0 saturated heterocycles. The van der Waals surface area contributed by atoms with Gasteiger partial charge in [0, 0.05) is 6.54 Å². The predicted octanol–water partition coefficient (Wildman–Crippen LogP) is 0.224. The number of hydrogen-bond donors (Lipinski definition) is 2. The van der Waals surface area contributed by atoms with Crippen LogP contribution in [0.15, 0.2) is 17.8 Å². The molecule has 0 aromatic carbocycles. The number of aliphatic hydroxyl groups excluding tert-OH is 1. The van der Waals surface area contributed by atoms with Crippen molar-refractivity contribution in [2.75, 3.05) is 6.54 Å². The van der Waals surface area contributed by atoms with Crippen molar-refractivity contribution in [3.63, 3.8) is 0 Å². The van der Waals surface area contributed by atoms with Gasteiger partial charge in [-0.1, -0.05) is 0 Å². The molecule has 8 heteroatoms. The summed E-state index contributed by atoms with van der Waals surface area (Å²) in [4.78, 5) is 12.5. The maximum absolute atomic E-state index is 11.9. The average molecular weight is 267 g/mol. The number of nitrogens with zero attached hydrogens (tertiary/aromatic N) is 4. The summed E-state index contributed by atoms with van der Waals surface area (Å²) in [5.41, 5.74) is 0.652. The summed E-state index contributed by atoms with van der Waals surface area (Å²) in [7, 11) is 0. The second-order valence-electron chi connectivity index (χ2n) is 3.78. The molecule has 0 saturated carbocycles. The number of rotatable bonds is 5. The van der Waals surface area contributed by atoms with Crippen LogP contribution in [0.25, 0.3) is 5.69 Å². The summed E-state index contributed by atoms with van der Waals surface area (Å²) in [5, 5.41) is 24.5. The first kappa shape index (κ1) is 12.7. The first-order chi connectivity index (χ1) is 8.68. The van der Waals surface area contributed by atoms with Crippen molar-refractivity contribution in [3.05, 3.63) is 22.7 Å². The van der Waals surface area contributed by atoms with Gasteiger partial charge < -0.3 is 10.4 Å². The lowest BCUT2D eigenvalue weighted by molar-refractivity contribution is 0.0949. The van der Waals surface area contributed by atoms with Gasteiger partial charge in [0.15, 0.2) is 0 Å². The summed E-state index contributed by atoms with van der Waals surface area (Å²) in [6.07, 6.45) is 1.54. The Labute approximate surface area is 107 Å². The molecule has 0 fully saturated rings. The Kier molecular flexibility index (Phi) is 4.00. The van der Waals surface area contributed by atoms with E-state index in [2.05, 4.69) is 20.8 Å². The zero-order valence-corrected chi connectivity index (χ0v) is 10.6. The Hall–Kier alpha value is -1.80. The summed E-state index contributed by atoms with van der Waals surface area (Å²) in [5.74, 6) is -0.184. The Balaban J connectivity index is 2.05. The highest BCUT2D eigenvalue weighted by atomic mass is 32.1. The van der Waals surface area contributed by atoms with E-state index in [9.17, 15) is 4.79 Å². The van der Waals surface area contributed by atoms with Crippen LogP contribution in [-0.2, 0) is 0 Å². The molecular formula is C10H13N5O2S. The van der Waals surface area contributed by atoms with Crippen molar-refractivity contribution in [1.29, 1.82) is 0 Å². The van der Waals surface area contributed by atoms with Gasteiger partial charge >= 0.3 is 0 Å². The number of aliphatic hydroxyl groups is 1. The molecule has 0 aliphatic carbocycles. The third-order valence-corrected chi connectivity index (χ3v) is 3.20. The van der Waals surface area contributed by atoms with E-state index in [0.29, 0.717) is 23.5 Å². The highest BCUT2D eigenvalue weighted by Gasteiger charge is 2.15. The minimum atomic E-state index is -0.423. The standard InChI is InChI=1S/C10H13N5O2S/c1-7(16)2-4-11-10(17)9-8(3-5-18-9)15-6-12-13-14-15/h3,5-7,16H,2,4H2,1H3,(H,11,17). The number of thiophene rings is 1. The smallest absolute Gasteiger partial charge is 0.263 e. The molecule has 96 valence electrons. The number of carbonyl (C=O) groups excluding carboxylic acids is 1. The fraction of sp³-hybridized carbons (Fsp3) is 0.400. The van der Waals surface area contributed by atoms with Crippen LogP contribution >= 0.6 is 11.3 Å². The lowest BCUT2D eigenvalue weighted by Crippen LogP contribution is -2.26. The Morgan fingerprint density at radius 3 is 3.17 bits per heavy atom. The van der Waals surface area contributed by atoms with Gasteiger partial charge in [-0.15, -0.1) is 16.4 Å². The van der Waals surface area contributed by atoms with E-state index in [4.69, 9.17) is 5.11 Å². The van der Waals surface area contributed by atoms with Crippen molar-refractivity contribution in [2.45, 2.75) is 19.4 Å². The monoisotopic (exact) mass is 267 g/mol. The molecule has 7 nitrogen and oxygen atoms in total. The number of aromatic nitrogens is 4. The third-order valence-electron chi connectivity index (χ3n) is 2.29. The van der Waals surface area contributed by atoms with E-state index in [-0.39, 0.29) is 5.91 Å². The van der Waals surface area contributed by atoms with Crippen LogP contribution in [0.3, 0.4) is 0 Å². The van der Waals surface area contributed by atoms with Crippen molar-refractivity contribution in [3.8, 4) is 5.69 Å². The van der Waals surface area contributed by atoms with E-state index in [1.54, 1.807) is 18.4 Å². The average Bonchev–Trinajstić information content (AvgIpc) is 2.99. The van der Waals surface area contributed by atoms with Gasteiger partial charge in [-0.25, -0.2) is 0 Å². The van der Waals surface area contributed by atoms with Crippen LogP contribution in [0, 0.1) is 0 Å². The SMILES string of the molecule is CC(O)CCNC(=O)c1sccc1-n1cnnn1. The molecule has 2 aromatic heterocycles.